The number of benzene rings is 1. The van der Waals surface area contributed by atoms with E-state index in [9.17, 15) is 14.9 Å². The van der Waals surface area contributed by atoms with Crippen LogP contribution in [0.5, 0.6) is 0 Å². The SMILES string of the molecule is CCOC(=O)NC(c1ccc(C)cc1)C(Br)(Br)[N+](=O)[O-]. The molecule has 110 valence electrons. The molecule has 0 bridgehead atoms. The van der Waals surface area contributed by atoms with Gasteiger partial charge in [-0.05, 0) is 19.4 Å². The van der Waals surface area contributed by atoms with Gasteiger partial charge in [-0.1, -0.05) is 29.8 Å². The van der Waals surface area contributed by atoms with Crippen molar-refractivity contribution in [1.82, 2.24) is 5.32 Å². The minimum Gasteiger partial charge on any atom is -0.450 e. The number of alkyl carbamates (subject to hydrolysis) is 1. The first-order valence-corrected chi connectivity index (χ1v) is 7.39. The predicted molar refractivity (Wildman–Crippen MR) is 81.7 cm³/mol. The number of nitrogens with zero attached hydrogens (tertiary/aromatic N) is 1. The van der Waals surface area contributed by atoms with E-state index in [0.717, 1.165) is 5.56 Å². The van der Waals surface area contributed by atoms with Crippen molar-refractivity contribution in [2.45, 2.75) is 23.2 Å². The molecule has 0 heterocycles. The van der Waals surface area contributed by atoms with E-state index in [2.05, 4.69) is 37.2 Å². The standard InChI is InChI=1S/C12H14Br2N2O4/c1-3-20-11(17)15-10(12(13,14)16(18)19)9-6-4-8(2)5-7-9/h4-7,10H,3H2,1-2H3,(H,15,17). The Morgan fingerprint density at radius 3 is 2.45 bits per heavy atom. The van der Waals surface area contributed by atoms with Crippen LogP contribution in [0.15, 0.2) is 24.3 Å². The van der Waals surface area contributed by atoms with Gasteiger partial charge < -0.3 is 10.1 Å². The number of hydrogen-bond acceptors (Lipinski definition) is 4. The molecule has 0 aromatic heterocycles. The molecule has 6 nitrogen and oxygen atoms in total. The number of amides is 1. The molecule has 1 rings (SSSR count). The maximum Gasteiger partial charge on any atom is 0.407 e. The van der Waals surface area contributed by atoms with Crippen LogP contribution in [0.4, 0.5) is 4.79 Å². The normalized spacial score (nSPS) is 12.6. The van der Waals surface area contributed by atoms with E-state index in [0.29, 0.717) is 5.56 Å². The highest BCUT2D eigenvalue weighted by Crippen LogP contribution is 2.40. The van der Waals surface area contributed by atoms with Crippen LogP contribution in [-0.4, -0.2) is 21.0 Å². The number of nitrogens with one attached hydrogen (secondary N) is 1. The van der Waals surface area contributed by atoms with Crippen LogP contribution in [0.3, 0.4) is 0 Å². The van der Waals surface area contributed by atoms with Crippen molar-refractivity contribution >= 4 is 38.0 Å². The van der Waals surface area contributed by atoms with Crippen molar-refractivity contribution in [3.63, 3.8) is 0 Å². The molecule has 0 spiro atoms. The number of carbonyl (C=O) groups excluding carboxylic acids is 1. The number of aryl methyl sites for hydroxylation is 1. The molecule has 0 radical (unpaired) electrons. The van der Waals surface area contributed by atoms with Crippen LogP contribution in [0.2, 0.25) is 0 Å². The number of nitro groups is 1. The summed E-state index contributed by atoms with van der Waals surface area (Å²) in [5.74, 6) is 0. The smallest absolute Gasteiger partial charge is 0.407 e. The topological polar surface area (TPSA) is 81.5 Å². The molecule has 0 saturated carbocycles. The molecule has 0 fully saturated rings. The third kappa shape index (κ3) is 4.17. The Morgan fingerprint density at radius 1 is 1.45 bits per heavy atom. The predicted octanol–water partition coefficient (Wildman–Crippen LogP) is 3.50. The Morgan fingerprint density at radius 2 is 2.00 bits per heavy atom. The molecular formula is C12H14Br2N2O4. The molecule has 8 heteroatoms. The van der Waals surface area contributed by atoms with Crippen molar-refractivity contribution in [1.29, 1.82) is 0 Å². The first-order valence-electron chi connectivity index (χ1n) is 5.81. The maximum absolute atomic E-state index is 11.6. The minimum atomic E-state index is -1.72. The van der Waals surface area contributed by atoms with Gasteiger partial charge in [-0.3, -0.25) is 10.1 Å². The summed E-state index contributed by atoms with van der Waals surface area (Å²) < 4.78 is 3.06. The number of ether oxygens (including phenoxy) is 1. The van der Waals surface area contributed by atoms with E-state index in [4.69, 9.17) is 4.74 Å². The number of hydrogen-bond donors (Lipinski definition) is 1. The number of halogens is 2. The molecule has 0 aliphatic carbocycles. The molecule has 1 unspecified atom stereocenters. The van der Waals surface area contributed by atoms with Gasteiger partial charge >= 0.3 is 9.45 Å². The lowest BCUT2D eigenvalue weighted by atomic mass is 10.1. The summed E-state index contributed by atoms with van der Waals surface area (Å²) in [5.41, 5.74) is 1.59. The Balaban J connectivity index is 3.10. The highest BCUT2D eigenvalue weighted by atomic mass is 79.9. The summed E-state index contributed by atoms with van der Waals surface area (Å²) in [6.07, 6.45) is -0.719. The van der Waals surface area contributed by atoms with Crippen LogP contribution in [-0.2, 0) is 4.74 Å². The number of carbonyl (C=O) groups is 1. The maximum atomic E-state index is 11.6. The molecule has 1 aromatic carbocycles. The van der Waals surface area contributed by atoms with Gasteiger partial charge in [0.15, 0.2) is 0 Å². The van der Waals surface area contributed by atoms with Crippen LogP contribution in [0.1, 0.15) is 24.1 Å². The van der Waals surface area contributed by atoms with Crippen LogP contribution >= 0.6 is 31.9 Å². The lowest BCUT2D eigenvalue weighted by molar-refractivity contribution is -0.509. The van der Waals surface area contributed by atoms with Gasteiger partial charge in [0.25, 0.3) is 0 Å². The van der Waals surface area contributed by atoms with E-state index in [1.807, 2.05) is 19.1 Å². The van der Waals surface area contributed by atoms with Gasteiger partial charge in [0.1, 0.15) is 6.04 Å². The van der Waals surface area contributed by atoms with E-state index in [-0.39, 0.29) is 6.61 Å². The summed E-state index contributed by atoms with van der Waals surface area (Å²) in [6.45, 7) is 3.74. The monoisotopic (exact) mass is 408 g/mol. The van der Waals surface area contributed by atoms with Gasteiger partial charge in [-0.15, -0.1) is 0 Å². The van der Waals surface area contributed by atoms with Crippen molar-refractivity contribution in [3.8, 4) is 0 Å². The van der Waals surface area contributed by atoms with Gasteiger partial charge in [-0.25, -0.2) is 4.79 Å². The first kappa shape index (κ1) is 16.9. The molecule has 1 atom stereocenters. The van der Waals surface area contributed by atoms with Crippen LogP contribution in [0, 0.1) is 17.0 Å². The Labute approximate surface area is 133 Å². The molecule has 1 amide bonds. The molecule has 1 aromatic rings. The second-order valence-electron chi connectivity index (χ2n) is 4.05. The van der Waals surface area contributed by atoms with Crippen LogP contribution < -0.4 is 5.32 Å². The van der Waals surface area contributed by atoms with E-state index in [1.54, 1.807) is 19.1 Å². The van der Waals surface area contributed by atoms with Crippen molar-refractivity contribution in [2.75, 3.05) is 6.61 Å². The van der Waals surface area contributed by atoms with Gasteiger partial charge in [0, 0.05) is 31.9 Å². The Bertz CT molecular complexity index is 491. The highest BCUT2D eigenvalue weighted by molar-refractivity contribution is 9.25. The molecule has 0 aliphatic heterocycles. The molecule has 0 saturated heterocycles. The fourth-order valence-electron chi connectivity index (χ4n) is 1.53. The molecule has 0 aliphatic rings. The van der Waals surface area contributed by atoms with Crippen molar-refractivity contribution < 1.29 is 14.5 Å². The zero-order valence-corrected chi connectivity index (χ0v) is 14.1. The zero-order valence-electron chi connectivity index (χ0n) is 10.9. The second-order valence-corrected chi connectivity index (χ2v) is 7.54. The lowest BCUT2D eigenvalue weighted by Crippen LogP contribution is -2.43. The Hall–Kier alpha value is -1.15. The zero-order chi connectivity index (χ0) is 15.3. The van der Waals surface area contributed by atoms with Crippen molar-refractivity contribution in [2.24, 2.45) is 0 Å². The number of rotatable bonds is 5. The Kier molecular flexibility index (Phi) is 5.94. The first-order chi connectivity index (χ1) is 9.28. The summed E-state index contributed by atoms with van der Waals surface area (Å²) in [4.78, 5) is 22.2. The summed E-state index contributed by atoms with van der Waals surface area (Å²) in [7, 11) is 0. The van der Waals surface area contributed by atoms with Gasteiger partial charge in [-0.2, -0.15) is 0 Å². The molecule has 1 N–H and O–H groups in total. The minimum absolute atomic E-state index is 0.183. The second kappa shape index (κ2) is 7.03. The van der Waals surface area contributed by atoms with E-state index >= 15 is 0 Å². The van der Waals surface area contributed by atoms with Crippen molar-refractivity contribution in [3.05, 3.63) is 45.5 Å². The largest absolute Gasteiger partial charge is 0.450 e. The van der Waals surface area contributed by atoms with E-state index in [1.165, 1.54) is 0 Å². The van der Waals surface area contributed by atoms with Gasteiger partial charge in [0.2, 0.25) is 0 Å². The fraction of sp³-hybridized carbons (Fsp3) is 0.417. The quantitative estimate of drug-likeness (QED) is 0.349. The average molecular weight is 410 g/mol. The third-order valence-electron chi connectivity index (χ3n) is 2.54. The summed E-state index contributed by atoms with van der Waals surface area (Å²) >= 11 is 5.99. The summed E-state index contributed by atoms with van der Waals surface area (Å²) in [5, 5.41) is 13.6. The lowest BCUT2D eigenvalue weighted by Gasteiger charge is -2.24. The molecule has 20 heavy (non-hydrogen) atoms. The fourth-order valence-corrected chi connectivity index (χ4v) is 2.28. The van der Waals surface area contributed by atoms with E-state index < -0.39 is 20.4 Å². The molecular weight excluding hydrogens is 396 g/mol. The number of alkyl halides is 2. The van der Waals surface area contributed by atoms with Gasteiger partial charge in [0.05, 0.1) is 11.5 Å². The average Bonchev–Trinajstić information content (AvgIpc) is 2.37. The van der Waals surface area contributed by atoms with Crippen LogP contribution in [0.25, 0.3) is 0 Å². The summed E-state index contributed by atoms with van der Waals surface area (Å²) in [6, 6.07) is 6.12. The highest BCUT2D eigenvalue weighted by Gasteiger charge is 2.47. The third-order valence-corrected chi connectivity index (χ3v) is 4.03.